The molecule has 1 aliphatic carbocycles. The van der Waals surface area contributed by atoms with E-state index in [0.717, 1.165) is 66.0 Å². The van der Waals surface area contributed by atoms with Gasteiger partial charge in [0, 0.05) is 36.5 Å². The molecule has 0 spiro atoms. The maximum Gasteiger partial charge on any atom is 0.172 e. The highest BCUT2D eigenvalue weighted by atomic mass is 16.3. The predicted molar refractivity (Wildman–Crippen MR) is 118 cm³/mol. The summed E-state index contributed by atoms with van der Waals surface area (Å²) in [5.41, 5.74) is 4.57. The summed E-state index contributed by atoms with van der Waals surface area (Å²) in [6.45, 7) is 5.99. The Hall–Kier alpha value is -2.66. The lowest BCUT2D eigenvalue weighted by Gasteiger charge is -2.28. The Balaban J connectivity index is 1.76. The van der Waals surface area contributed by atoms with Gasteiger partial charge in [0.25, 0.3) is 0 Å². The van der Waals surface area contributed by atoms with Crippen LogP contribution < -0.4 is 10.2 Å². The first-order valence-corrected chi connectivity index (χ1v) is 10.5. The van der Waals surface area contributed by atoms with Crippen molar-refractivity contribution in [2.45, 2.75) is 57.1 Å². The molecule has 5 nitrogen and oxygen atoms in total. The minimum Gasteiger partial charge on any atom is -0.393 e. The van der Waals surface area contributed by atoms with Crippen LogP contribution >= 0.6 is 0 Å². The Labute approximate surface area is 172 Å². The van der Waals surface area contributed by atoms with Crippen LogP contribution in [0.4, 0.5) is 17.2 Å². The topological polar surface area (TPSA) is 65.5 Å². The lowest BCUT2D eigenvalue weighted by Crippen LogP contribution is -2.28. The number of aromatic nitrogens is 1. The van der Waals surface area contributed by atoms with Gasteiger partial charge in [0.2, 0.25) is 0 Å². The van der Waals surface area contributed by atoms with Crippen LogP contribution in [0.3, 0.4) is 0 Å². The number of carbonyl (C=O) groups is 1. The van der Waals surface area contributed by atoms with Gasteiger partial charge in [-0.2, -0.15) is 0 Å². The van der Waals surface area contributed by atoms with Gasteiger partial charge in [-0.1, -0.05) is 31.7 Å². The minimum atomic E-state index is -0.208. The van der Waals surface area contributed by atoms with E-state index >= 15 is 0 Å². The average molecular weight is 392 g/mol. The molecule has 5 heteroatoms. The normalized spacial score (nSPS) is 23.8. The second kappa shape index (κ2) is 7.99. The van der Waals surface area contributed by atoms with E-state index in [1.807, 2.05) is 44.4 Å². The summed E-state index contributed by atoms with van der Waals surface area (Å²) in [5.74, 6) is 0.750. The van der Waals surface area contributed by atoms with Crippen molar-refractivity contribution < 1.29 is 9.90 Å². The lowest BCUT2D eigenvalue weighted by atomic mass is 9.89. The fourth-order valence-electron chi connectivity index (χ4n) is 4.68. The Bertz CT molecular complexity index is 932. The van der Waals surface area contributed by atoms with Crippen molar-refractivity contribution in [2.75, 3.05) is 17.3 Å². The number of Topliss-reactive ketones (excluding diaryl/α,β-unsaturated/α-hetero) is 1. The van der Waals surface area contributed by atoms with E-state index in [9.17, 15) is 9.90 Å². The number of aliphatic hydroxyl groups is 1. The molecule has 0 bridgehead atoms. The number of nitrogens with zero attached hydrogens (tertiary/aromatic N) is 2. The molecule has 2 aromatic rings. The number of ketones is 1. The lowest BCUT2D eigenvalue weighted by molar-refractivity contribution is 0.0959. The number of fused-ring (bicyclic) bond motifs is 2. The molecule has 1 aliphatic heterocycles. The molecule has 0 amide bonds. The summed E-state index contributed by atoms with van der Waals surface area (Å²) in [6.07, 6.45) is 7.75. The molecule has 152 valence electrons. The fraction of sp³-hybridized carbons (Fsp3) is 0.417. The maximum atomic E-state index is 13.3. The molecule has 0 saturated heterocycles. The average Bonchev–Trinajstić information content (AvgIpc) is 2.83. The van der Waals surface area contributed by atoms with E-state index < -0.39 is 0 Å². The van der Waals surface area contributed by atoms with Crippen molar-refractivity contribution in [3.8, 4) is 0 Å². The minimum absolute atomic E-state index is 0.139. The van der Waals surface area contributed by atoms with Crippen molar-refractivity contribution in [1.29, 1.82) is 0 Å². The molecular weight excluding hydrogens is 362 g/mol. The second-order valence-electron chi connectivity index (χ2n) is 8.11. The third kappa shape index (κ3) is 3.55. The largest absolute Gasteiger partial charge is 0.393 e. The Kier molecular flexibility index (Phi) is 5.41. The molecular formula is C24H29N3O2. The van der Waals surface area contributed by atoms with Crippen LogP contribution in [0.1, 0.15) is 66.4 Å². The van der Waals surface area contributed by atoms with E-state index in [0.29, 0.717) is 6.04 Å². The number of benzene rings is 1. The highest BCUT2D eigenvalue weighted by Gasteiger charge is 2.32. The number of hydrogen-bond donors (Lipinski definition) is 2. The molecule has 4 rings (SSSR count). The number of anilines is 3. The third-order valence-electron chi connectivity index (χ3n) is 6.31. The van der Waals surface area contributed by atoms with Crippen LogP contribution in [0, 0.1) is 0 Å². The summed E-state index contributed by atoms with van der Waals surface area (Å²) in [5, 5.41) is 13.3. The smallest absolute Gasteiger partial charge is 0.172 e. The molecule has 29 heavy (non-hydrogen) atoms. The molecule has 1 aromatic heterocycles. The van der Waals surface area contributed by atoms with Crippen LogP contribution in [0.2, 0.25) is 0 Å². The number of pyridine rings is 1. The highest BCUT2D eigenvalue weighted by Crippen LogP contribution is 2.43. The van der Waals surface area contributed by atoms with E-state index in [-0.39, 0.29) is 17.8 Å². The van der Waals surface area contributed by atoms with Crippen molar-refractivity contribution in [3.63, 3.8) is 0 Å². The Morgan fingerprint density at radius 3 is 2.76 bits per heavy atom. The quantitative estimate of drug-likeness (QED) is 0.776. The van der Waals surface area contributed by atoms with Gasteiger partial charge in [-0.25, -0.2) is 4.98 Å². The molecule has 1 unspecified atom stereocenters. The monoisotopic (exact) mass is 391 g/mol. The fourth-order valence-corrected chi connectivity index (χ4v) is 4.68. The first kappa shape index (κ1) is 19.6. The van der Waals surface area contributed by atoms with Crippen molar-refractivity contribution in [3.05, 3.63) is 53.7 Å². The van der Waals surface area contributed by atoms with Crippen LogP contribution in [0.15, 0.2) is 37.0 Å². The standard InChI is InChI=1S/C24H29N3O2/c1-4-15-7-6-8-19-23(15)27(3)21-13-22(26-16-9-11-17(28)12-10-16)25-14-20(21)18(5-2)24(19)29/h4,6-8,13-14,16-18,28H,1,5,9-12H2,2-3H3,(H,25,26). The number of hydrogen-bond acceptors (Lipinski definition) is 5. The number of rotatable bonds is 4. The van der Waals surface area contributed by atoms with Crippen LogP contribution in [0.25, 0.3) is 6.08 Å². The van der Waals surface area contributed by atoms with Crippen molar-refractivity contribution >= 4 is 29.1 Å². The van der Waals surface area contributed by atoms with E-state index in [2.05, 4.69) is 27.8 Å². The summed E-state index contributed by atoms with van der Waals surface area (Å²) in [4.78, 5) is 20.1. The number of aliphatic hydroxyl groups excluding tert-OH is 1. The zero-order chi connectivity index (χ0) is 20.5. The first-order valence-electron chi connectivity index (χ1n) is 10.5. The molecule has 1 atom stereocenters. The molecule has 1 aromatic carbocycles. The summed E-state index contributed by atoms with van der Waals surface area (Å²) in [7, 11) is 2.01. The molecule has 0 radical (unpaired) electrons. The predicted octanol–water partition coefficient (Wildman–Crippen LogP) is 4.90. The SMILES string of the molecule is C=Cc1cccc2c1N(C)c1cc(NC3CCC(O)CC3)ncc1C(CC)C2=O. The van der Waals surface area contributed by atoms with Gasteiger partial charge in [-0.3, -0.25) is 4.79 Å². The van der Waals surface area contributed by atoms with Gasteiger partial charge in [-0.15, -0.1) is 0 Å². The van der Waals surface area contributed by atoms with E-state index in [1.165, 1.54) is 0 Å². The summed E-state index contributed by atoms with van der Waals surface area (Å²) < 4.78 is 0. The number of carbonyl (C=O) groups excluding carboxylic acids is 1. The van der Waals surface area contributed by atoms with Gasteiger partial charge >= 0.3 is 0 Å². The van der Waals surface area contributed by atoms with E-state index in [4.69, 9.17) is 0 Å². The Morgan fingerprint density at radius 1 is 1.31 bits per heavy atom. The van der Waals surface area contributed by atoms with Crippen LogP contribution in [-0.2, 0) is 0 Å². The maximum absolute atomic E-state index is 13.3. The van der Waals surface area contributed by atoms with E-state index in [1.54, 1.807) is 0 Å². The van der Waals surface area contributed by atoms with Gasteiger partial charge in [0.1, 0.15) is 5.82 Å². The molecule has 2 N–H and O–H groups in total. The zero-order valence-electron chi connectivity index (χ0n) is 17.2. The van der Waals surface area contributed by atoms with Gasteiger partial charge in [-0.05, 0) is 43.7 Å². The van der Waals surface area contributed by atoms with Gasteiger partial charge in [0.05, 0.1) is 23.4 Å². The highest BCUT2D eigenvalue weighted by molar-refractivity contribution is 6.09. The number of nitrogens with one attached hydrogen (secondary N) is 1. The van der Waals surface area contributed by atoms with Gasteiger partial charge < -0.3 is 15.3 Å². The number of para-hydroxylation sites is 1. The molecule has 2 heterocycles. The molecule has 1 saturated carbocycles. The first-order chi connectivity index (χ1) is 14.0. The van der Waals surface area contributed by atoms with Crippen LogP contribution in [-0.4, -0.2) is 35.1 Å². The molecule has 1 fully saturated rings. The van der Waals surface area contributed by atoms with Crippen molar-refractivity contribution in [1.82, 2.24) is 4.98 Å². The van der Waals surface area contributed by atoms with Gasteiger partial charge in [0.15, 0.2) is 5.78 Å². The Morgan fingerprint density at radius 2 is 2.07 bits per heavy atom. The summed E-state index contributed by atoms with van der Waals surface area (Å²) in [6, 6.07) is 8.21. The van der Waals surface area contributed by atoms with Crippen LogP contribution in [0.5, 0.6) is 0 Å². The molecule has 2 aliphatic rings. The van der Waals surface area contributed by atoms with Crippen molar-refractivity contribution in [2.24, 2.45) is 0 Å². The zero-order valence-corrected chi connectivity index (χ0v) is 17.2. The second-order valence-corrected chi connectivity index (χ2v) is 8.11. The third-order valence-corrected chi connectivity index (χ3v) is 6.31. The summed E-state index contributed by atoms with van der Waals surface area (Å²) >= 11 is 0.